The largest absolute Gasteiger partial charge is 0.382 e. The lowest BCUT2D eigenvalue weighted by atomic mass is 10.1. The minimum atomic E-state index is -0.0423. The van der Waals surface area contributed by atoms with Gasteiger partial charge in [-0.05, 0) is 43.9 Å². The fourth-order valence-corrected chi connectivity index (χ4v) is 2.54. The highest BCUT2D eigenvalue weighted by Crippen LogP contribution is 2.25. The summed E-state index contributed by atoms with van der Waals surface area (Å²) in [6.07, 6.45) is 3.18. The molecule has 2 unspecified atom stereocenters. The Morgan fingerprint density at radius 3 is 2.78 bits per heavy atom. The van der Waals surface area contributed by atoms with Gasteiger partial charge in [-0.25, -0.2) is 0 Å². The number of rotatable bonds is 3. The maximum Gasteiger partial charge on any atom is 0.251 e. The van der Waals surface area contributed by atoms with Crippen LogP contribution in [0.4, 0.5) is 5.69 Å². The molecule has 1 aromatic rings. The number of nitrogens with two attached hydrogens (primary N) is 1. The summed E-state index contributed by atoms with van der Waals surface area (Å²) in [5.41, 5.74) is 8.67. The molecule has 4 nitrogen and oxygen atoms in total. The number of benzene rings is 1. The van der Waals surface area contributed by atoms with Crippen molar-refractivity contribution in [2.45, 2.75) is 38.3 Å². The minimum Gasteiger partial charge on any atom is -0.382 e. The number of hydrogen-bond acceptors (Lipinski definition) is 3. The van der Waals surface area contributed by atoms with E-state index in [0.717, 1.165) is 36.1 Å². The average Bonchev–Trinajstić information content (AvgIpc) is 2.76. The molecule has 0 aliphatic heterocycles. The van der Waals surface area contributed by atoms with Gasteiger partial charge in [0.1, 0.15) is 0 Å². The van der Waals surface area contributed by atoms with Gasteiger partial charge in [-0.3, -0.25) is 4.79 Å². The van der Waals surface area contributed by atoms with E-state index in [9.17, 15) is 4.79 Å². The summed E-state index contributed by atoms with van der Waals surface area (Å²) in [7, 11) is 1.65. The zero-order valence-electron chi connectivity index (χ0n) is 11.0. The predicted molar refractivity (Wildman–Crippen MR) is 73.8 cm³/mol. The first kappa shape index (κ1) is 12.9. The van der Waals surface area contributed by atoms with E-state index in [-0.39, 0.29) is 5.91 Å². The van der Waals surface area contributed by atoms with Crippen LogP contribution in [0, 0.1) is 6.92 Å². The molecule has 0 spiro atoms. The van der Waals surface area contributed by atoms with Crippen molar-refractivity contribution in [3.63, 3.8) is 0 Å². The molecule has 1 aromatic carbocycles. The van der Waals surface area contributed by atoms with Gasteiger partial charge >= 0.3 is 0 Å². The highest BCUT2D eigenvalue weighted by Gasteiger charge is 2.22. The van der Waals surface area contributed by atoms with Crippen LogP contribution in [0.15, 0.2) is 18.2 Å². The van der Waals surface area contributed by atoms with E-state index in [2.05, 4.69) is 10.6 Å². The summed E-state index contributed by atoms with van der Waals surface area (Å²) in [6.45, 7) is 1.97. The Balaban J connectivity index is 2.16. The van der Waals surface area contributed by atoms with Gasteiger partial charge in [0.2, 0.25) is 0 Å². The van der Waals surface area contributed by atoms with Gasteiger partial charge in [0.05, 0.1) is 0 Å². The van der Waals surface area contributed by atoms with Gasteiger partial charge in [0.25, 0.3) is 5.91 Å². The van der Waals surface area contributed by atoms with Crippen molar-refractivity contribution >= 4 is 11.6 Å². The van der Waals surface area contributed by atoms with E-state index in [0.29, 0.717) is 12.1 Å². The number of hydrogen-bond donors (Lipinski definition) is 3. The quantitative estimate of drug-likeness (QED) is 0.760. The summed E-state index contributed by atoms with van der Waals surface area (Å²) in [4.78, 5) is 11.7. The SMILES string of the molecule is CNC(=O)c1cccc(NC2CCC(N)C2)c1C. The fourth-order valence-electron chi connectivity index (χ4n) is 2.54. The summed E-state index contributed by atoms with van der Waals surface area (Å²) >= 11 is 0. The Bertz CT molecular complexity index is 445. The van der Waals surface area contributed by atoms with E-state index in [1.165, 1.54) is 0 Å². The van der Waals surface area contributed by atoms with Crippen LogP contribution in [-0.4, -0.2) is 25.0 Å². The fraction of sp³-hybridized carbons (Fsp3) is 0.500. The van der Waals surface area contributed by atoms with Crippen LogP contribution in [0.5, 0.6) is 0 Å². The first-order valence-electron chi connectivity index (χ1n) is 6.45. The van der Waals surface area contributed by atoms with Crippen molar-refractivity contribution < 1.29 is 4.79 Å². The van der Waals surface area contributed by atoms with E-state index in [1.807, 2.05) is 25.1 Å². The van der Waals surface area contributed by atoms with Crippen molar-refractivity contribution in [3.8, 4) is 0 Å². The zero-order chi connectivity index (χ0) is 13.1. The third-order valence-corrected chi connectivity index (χ3v) is 3.64. The van der Waals surface area contributed by atoms with E-state index in [4.69, 9.17) is 5.73 Å². The molecule has 1 fully saturated rings. The highest BCUT2D eigenvalue weighted by molar-refractivity contribution is 5.96. The third kappa shape index (κ3) is 2.64. The van der Waals surface area contributed by atoms with Gasteiger partial charge in [0.15, 0.2) is 0 Å². The van der Waals surface area contributed by atoms with Crippen LogP contribution in [0.2, 0.25) is 0 Å². The van der Waals surface area contributed by atoms with Gasteiger partial charge < -0.3 is 16.4 Å². The standard InChI is InChI=1S/C14H21N3O/c1-9-12(14(18)16-2)4-3-5-13(9)17-11-7-6-10(15)8-11/h3-5,10-11,17H,6-8,15H2,1-2H3,(H,16,18). The molecule has 98 valence electrons. The van der Waals surface area contributed by atoms with Gasteiger partial charge in [-0.1, -0.05) is 6.07 Å². The van der Waals surface area contributed by atoms with Crippen molar-refractivity contribution in [2.75, 3.05) is 12.4 Å². The van der Waals surface area contributed by atoms with Crippen molar-refractivity contribution in [3.05, 3.63) is 29.3 Å². The molecule has 1 aliphatic rings. The second-order valence-electron chi connectivity index (χ2n) is 4.97. The first-order valence-corrected chi connectivity index (χ1v) is 6.45. The van der Waals surface area contributed by atoms with Gasteiger partial charge in [-0.15, -0.1) is 0 Å². The van der Waals surface area contributed by atoms with Crippen LogP contribution < -0.4 is 16.4 Å². The molecule has 0 aromatic heterocycles. The van der Waals surface area contributed by atoms with E-state index in [1.54, 1.807) is 7.05 Å². The molecular formula is C14H21N3O. The summed E-state index contributed by atoms with van der Waals surface area (Å²) in [6, 6.07) is 6.52. The monoisotopic (exact) mass is 247 g/mol. The number of anilines is 1. The Hall–Kier alpha value is -1.55. The third-order valence-electron chi connectivity index (χ3n) is 3.64. The first-order chi connectivity index (χ1) is 8.61. The lowest BCUT2D eigenvalue weighted by Crippen LogP contribution is -2.22. The van der Waals surface area contributed by atoms with Crippen LogP contribution in [0.25, 0.3) is 0 Å². The molecule has 1 saturated carbocycles. The second-order valence-corrected chi connectivity index (χ2v) is 4.97. The number of carbonyl (C=O) groups excluding carboxylic acids is 1. The summed E-state index contributed by atoms with van der Waals surface area (Å²) in [5.74, 6) is -0.0423. The smallest absolute Gasteiger partial charge is 0.251 e. The van der Waals surface area contributed by atoms with Crippen LogP contribution in [0.3, 0.4) is 0 Å². The zero-order valence-corrected chi connectivity index (χ0v) is 11.0. The molecule has 0 heterocycles. The van der Waals surface area contributed by atoms with Crippen molar-refractivity contribution in [2.24, 2.45) is 5.73 Å². The van der Waals surface area contributed by atoms with Crippen LogP contribution in [-0.2, 0) is 0 Å². The normalized spacial score (nSPS) is 22.8. The molecule has 18 heavy (non-hydrogen) atoms. The molecular weight excluding hydrogens is 226 g/mol. The minimum absolute atomic E-state index is 0.0423. The van der Waals surface area contributed by atoms with Gasteiger partial charge in [-0.2, -0.15) is 0 Å². The Morgan fingerprint density at radius 1 is 1.39 bits per heavy atom. The van der Waals surface area contributed by atoms with Crippen LogP contribution in [0.1, 0.15) is 35.2 Å². The molecule has 1 amide bonds. The Labute approximate surface area is 108 Å². The molecule has 2 atom stereocenters. The molecule has 4 heteroatoms. The molecule has 2 rings (SSSR count). The lowest BCUT2D eigenvalue weighted by Gasteiger charge is -2.17. The molecule has 4 N–H and O–H groups in total. The van der Waals surface area contributed by atoms with E-state index >= 15 is 0 Å². The number of amides is 1. The average molecular weight is 247 g/mol. The molecule has 0 saturated heterocycles. The predicted octanol–water partition coefficient (Wildman–Crippen LogP) is 1.65. The van der Waals surface area contributed by atoms with Crippen molar-refractivity contribution in [1.82, 2.24) is 5.32 Å². The highest BCUT2D eigenvalue weighted by atomic mass is 16.1. The molecule has 0 bridgehead atoms. The van der Waals surface area contributed by atoms with Gasteiger partial charge in [0, 0.05) is 30.4 Å². The number of nitrogens with one attached hydrogen (secondary N) is 2. The summed E-state index contributed by atoms with van der Waals surface area (Å²) < 4.78 is 0. The second kappa shape index (κ2) is 5.40. The lowest BCUT2D eigenvalue weighted by molar-refractivity contribution is 0.0962. The maximum atomic E-state index is 11.7. The number of carbonyl (C=O) groups is 1. The maximum absolute atomic E-state index is 11.7. The van der Waals surface area contributed by atoms with Crippen molar-refractivity contribution in [1.29, 1.82) is 0 Å². The Kier molecular flexibility index (Phi) is 3.87. The summed E-state index contributed by atoms with van der Waals surface area (Å²) in [5, 5.41) is 6.16. The topological polar surface area (TPSA) is 67.2 Å². The van der Waals surface area contributed by atoms with Crippen LogP contribution >= 0.6 is 0 Å². The molecule has 0 radical (unpaired) electrons. The molecule has 1 aliphatic carbocycles. The Morgan fingerprint density at radius 2 is 2.17 bits per heavy atom. The van der Waals surface area contributed by atoms with E-state index < -0.39 is 0 Å².